The highest BCUT2D eigenvalue weighted by molar-refractivity contribution is 6.30. The molecular weight excluding hydrogens is 274 g/mol. The predicted molar refractivity (Wildman–Crippen MR) is 72.2 cm³/mol. The normalized spacial score (nSPS) is 10.4. The fourth-order valence-electron chi connectivity index (χ4n) is 1.54. The highest BCUT2D eigenvalue weighted by Crippen LogP contribution is 2.31. The second kappa shape index (κ2) is 5.59. The third kappa shape index (κ3) is 2.95. The van der Waals surface area contributed by atoms with Crippen LogP contribution < -0.4 is 4.74 Å². The van der Waals surface area contributed by atoms with Crippen molar-refractivity contribution in [3.8, 4) is 11.5 Å². The lowest BCUT2D eigenvalue weighted by Gasteiger charge is -2.11. The Hall–Kier alpha value is -1.25. The lowest BCUT2D eigenvalue weighted by Crippen LogP contribution is -1.93. The zero-order valence-corrected chi connectivity index (χ0v) is 11.2. The Morgan fingerprint density at radius 1 is 1.11 bits per heavy atom. The summed E-state index contributed by atoms with van der Waals surface area (Å²) in [6.07, 6.45) is 0. The number of alkyl halides is 1. The topological polar surface area (TPSA) is 9.23 Å². The van der Waals surface area contributed by atoms with Crippen molar-refractivity contribution >= 4 is 23.2 Å². The first-order chi connectivity index (χ1) is 8.60. The van der Waals surface area contributed by atoms with Crippen LogP contribution in [0.3, 0.4) is 0 Å². The number of aryl methyl sites for hydroxylation is 1. The molecule has 1 nitrogen and oxygen atoms in total. The van der Waals surface area contributed by atoms with E-state index < -0.39 is 5.82 Å². The van der Waals surface area contributed by atoms with Gasteiger partial charge < -0.3 is 4.74 Å². The molecule has 0 unspecified atom stereocenters. The molecule has 0 saturated heterocycles. The number of ether oxygens (including phenoxy) is 1. The summed E-state index contributed by atoms with van der Waals surface area (Å²) in [4.78, 5) is 0. The Morgan fingerprint density at radius 3 is 2.61 bits per heavy atom. The van der Waals surface area contributed by atoms with E-state index in [9.17, 15) is 4.39 Å². The second-order valence-corrected chi connectivity index (χ2v) is 4.63. The van der Waals surface area contributed by atoms with Crippen molar-refractivity contribution in [2.24, 2.45) is 0 Å². The predicted octanol–water partition coefficient (Wildman–Crippen LogP) is 5.32. The summed E-state index contributed by atoms with van der Waals surface area (Å²) >= 11 is 11.7. The van der Waals surface area contributed by atoms with E-state index in [0.717, 1.165) is 11.1 Å². The first kappa shape index (κ1) is 13.2. The van der Waals surface area contributed by atoms with Crippen LogP contribution in [0.1, 0.15) is 11.1 Å². The third-order valence-electron chi connectivity index (χ3n) is 2.48. The van der Waals surface area contributed by atoms with Crippen molar-refractivity contribution in [2.45, 2.75) is 12.8 Å². The van der Waals surface area contributed by atoms with E-state index in [0.29, 0.717) is 10.8 Å². The van der Waals surface area contributed by atoms with Crippen LogP contribution in [-0.4, -0.2) is 0 Å². The van der Waals surface area contributed by atoms with Crippen LogP contribution in [0.4, 0.5) is 4.39 Å². The Labute approximate surface area is 115 Å². The fraction of sp³-hybridized carbons (Fsp3) is 0.143. The Kier molecular flexibility index (Phi) is 4.10. The van der Waals surface area contributed by atoms with Crippen LogP contribution in [0.15, 0.2) is 36.4 Å². The Bertz CT molecular complexity index is 570. The molecule has 0 spiro atoms. The molecule has 18 heavy (non-hydrogen) atoms. The van der Waals surface area contributed by atoms with Crippen LogP contribution in [0, 0.1) is 12.7 Å². The van der Waals surface area contributed by atoms with Gasteiger partial charge in [-0.2, -0.15) is 0 Å². The van der Waals surface area contributed by atoms with Gasteiger partial charge in [0.15, 0.2) is 11.6 Å². The van der Waals surface area contributed by atoms with Gasteiger partial charge in [0, 0.05) is 10.6 Å². The molecule has 0 saturated carbocycles. The van der Waals surface area contributed by atoms with Crippen molar-refractivity contribution in [3.05, 3.63) is 58.4 Å². The molecule has 2 rings (SSSR count). The number of halogens is 3. The summed E-state index contributed by atoms with van der Waals surface area (Å²) < 4.78 is 19.1. The minimum absolute atomic E-state index is 0.170. The van der Waals surface area contributed by atoms with Gasteiger partial charge in [-0.1, -0.05) is 23.7 Å². The molecule has 0 aliphatic carbocycles. The van der Waals surface area contributed by atoms with Crippen molar-refractivity contribution in [1.82, 2.24) is 0 Å². The maximum atomic E-state index is 13.6. The van der Waals surface area contributed by atoms with E-state index in [1.165, 1.54) is 6.07 Å². The van der Waals surface area contributed by atoms with E-state index in [-0.39, 0.29) is 11.6 Å². The molecule has 0 N–H and O–H groups in total. The van der Waals surface area contributed by atoms with Crippen LogP contribution in [0.25, 0.3) is 0 Å². The van der Waals surface area contributed by atoms with E-state index in [4.69, 9.17) is 27.9 Å². The van der Waals surface area contributed by atoms with Crippen LogP contribution in [0.2, 0.25) is 5.02 Å². The average molecular weight is 285 g/mol. The van der Waals surface area contributed by atoms with Crippen LogP contribution >= 0.6 is 23.2 Å². The van der Waals surface area contributed by atoms with Gasteiger partial charge in [0.2, 0.25) is 0 Å². The molecule has 0 fully saturated rings. The summed E-state index contributed by atoms with van der Waals surface area (Å²) in [7, 11) is 0. The monoisotopic (exact) mass is 284 g/mol. The molecule has 0 radical (unpaired) electrons. The number of hydrogen-bond donors (Lipinski definition) is 0. The summed E-state index contributed by atoms with van der Waals surface area (Å²) in [6, 6.07) is 9.80. The quantitative estimate of drug-likeness (QED) is 0.693. The molecule has 0 heterocycles. The van der Waals surface area contributed by atoms with Gasteiger partial charge in [0.25, 0.3) is 0 Å². The van der Waals surface area contributed by atoms with Gasteiger partial charge in [-0.05, 0) is 36.8 Å². The van der Waals surface area contributed by atoms with Crippen LogP contribution in [0.5, 0.6) is 11.5 Å². The van der Waals surface area contributed by atoms with Gasteiger partial charge >= 0.3 is 0 Å². The molecule has 0 aliphatic rings. The SMILES string of the molecule is Cc1ccc(F)c(Oc2cc(Cl)ccc2CCl)c1. The smallest absolute Gasteiger partial charge is 0.165 e. The summed E-state index contributed by atoms with van der Waals surface area (Å²) in [5.41, 5.74) is 1.68. The molecule has 0 bridgehead atoms. The number of rotatable bonds is 3. The number of benzene rings is 2. The van der Waals surface area contributed by atoms with Gasteiger partial charge in [0.05, 0.1) is 5.88 Å². The highest BCUT2D eigenvalue weighted by Gasteiger charge is 2.09. The van der Waals surface area contributed by atoms with E-state index in [2.05, 4.69) is 0 Å². The van der Waals surface area contributed by atoms with E-state index in [1.807, 2.05) is 6.92 Å². The lowest BCUT2D eigenvalue weighted by atomic mass is 10.2. The molecule has 0 atom stereocenters. The van der Waals surface area contributed by atoms with Gasteiger partial charge in [0.1, 0.15) is 5.75 Å². The van der Waals surface area contributed by atoms with Crippen molar-refractivity contribution in [1.29, 1.82) is 0 Å². The van der Waals surface area contributed by atoms with Gasteiger partial charge in [-0.25, -0.2) is 4.39 Å². The highest BCUT2D eigenvalue weighted by atomic mass is 35.5. The van der Waals surface area contributed by atoms with Crippen molar-refractivity contribution < 1.29 is 9.13 Å². The average Bonchev–Trinajstić information content (AvgIpc) is 2.34. The maximum absolute atomic E-state index is 13.6. The molecule has 94 valence electrons. The molecule has 0 aliphatic heterocycles. The molecule has 2 aromatic carbocycles. The Morgan fingerprint density at radius 2 is 1.89 bits per heavy atom. The zero-order chi connectivity index (χ0) is 13.1. The number of hydrogen-bond acceptors (Lipinski definition) is 1. The summed E-state index contributed by atoms with van der Waals surface area (Å²) in [5, 5.41) is 0.520. The van der Waals surface area contributed by atoms with Gasteiger partial charge in [-0.15, -0.1) is 11.6 Å². The minimum Gasteiger partial charge on any atom is -0.454 e. The molecule has 0 aromatic heterocycles. The molecule has 4 heteroatoms. The zero-order valence-electron chi connectivity index (χ0n) is 9.71. The molecule has 0 amide bonds. The maximum Gasteiger partial charge on any atom is 0.165 e. The largest absolute Gasteiger partial charge is 0.454 e. The van der Waals surface area contributed by atoms with E-state index in [1.54, 1.807) is 30.3 Å². The van der Waals surface area contributed by atoms with E-state index >= 15 is 0 Å². The van der Waals surface area contributed by atoms with Gasteiger partial charge in [-0.3, -0.25) is 0 Å². The van der Waals surface area contributed by atoms with Crippen molar-refractivity contribution in [2.75, 3.05) is 0 Å². The Balaban J connectivity index is 2.38. The second-order valence-electron chi connectivity index (χ2n) is 3.92. The lowest BCUT2D eigenvalue weighted by molar-refractivity contribution is 0.439. The molecular formula is C14H11Cl2FO. The first-order valence-electron chi connectivity index (χ1n) is 5.38. The third-order valence-corrected chi connectivity index (χ3v) is 3.00. The summed E-state index contributed by atoms with van der Waals surface area (Å²) in [6.45, 7) is 1.87. The first-order valence-corrected chi connectivity index (χ1v) is 6.30. The summed E-state index contributed by atoms with van der Waals surface area (Å²) in [5.74, 6) is 0.506. The van der Waals surface area contributed by atoms with Crippen LogP contribution in [-0.2, 0) is 5.88 Å². The fourth-order valence-corrected chi connectivity index (χ4v) is 1.92. The van der Waals surface area contributed by atoms with Crippen molar-refractivity contribution in [3.63, 3.8) is 0 Å². The molecule has 2 aromatic rings. The minimum atomic E-state index is -0.416. The standard InChI is InChI=1S/C14H11Cl2FO/c1-9-2-5-12(17)14(6-9)18-13-7-11(16)4-3-10(13)8-15/h2-7H,8H2,1H3.